The maximum absolute atomic E-state index is 11.7. The van der Waals surface area contributed by atoms with Crippen LogP contribution in [0.4, 0.5) is 5.69 Å². The minimum Gasteiger partial charge on any atom is -0.482 e. The molecule has 2 aromatic carbocycles. The van der Waals surface area contributed by atoms with Gasteiger partial charge in [0.1, 0.15) is 11.6 Å². The van der Waals surface area contributed by atoms with Gasteiger partial charge in [-0.05, 0) is 29.2 Å². The molecule has 0 aliphatic rings. The van der Waals surface area contributed by atoms with E-state index in [2.05, 4.69) is 19.0 Å². The van der Waals surface area contributed by atoms with Crippen LogP contribution < -0.4 is 10.5 Å². The minimum absolute atomic E-state index is 0.0146. The molecule has 0 bridgehead atoms. The molecule has 2 aromatic rings. The van der Waals surface area contributed by atoms with Gasteiger partial charge >= 0.3 is 5.97 Å². The molecule has 27 heavy (non-hydrogen) atoms. The Labute approximate surface area is 156 Å². The fraction of sp³-hybridized carbons (Fsp3) is 0.263. The van der Waals surface area contributed by atoms with E-state index in [4.69, 9.17) is 15.3 Å². The molecule has 0 aromatic heterocycles. The van der Waals surface area contributed by atoms with Crippen LogP contribution in [-0.2, 0) is 16.1 Å². The topological polar surface area (TPSA) is 117 Å². The zero-order valence-corrected chi connectivity index (χ0v) is 15.1. The fourth-order valence-corrected chi connectivity index (χ4v) is 2.20. The summed E-state index contributed by atoms with van der Waals surface area (Å²) in [7, 11) is 0. The zero-order chi connectivity index (χ0) is 19.8. The van der Waals surface area contributed by atoms with Crippen molar-refractivity contribution in [2.45, 2.75) is 26.2 Å². The lowest BCUT2D eigenvalue weighted by Crippen LogP contribution is -2.19. The highest BCUT2D eigenvalue weighted by Gasteiger charge is 2.08. The number of carbonyl (C=O) groups is 1. The van der Waals surface area contributed by atoms with Gasteiger partial charge in [0.15, 0.2) is 6.61 Å². The van der Waals surface area contributed by atoms with E-state index in [1.807, 2.05) is 12.1 Å². The van der Waals surface area contributed by atoms with Crippen molar-refractivity contribution in [1.29, 1.82) is 0 Å². The summed E-state index contributed by atoms with van der Waals surface area (Å²) in [6, 6.07) is 13.3. The molecule has 0 saturated carbocycles. The Morgan fingerprint density at radius 3 is 2.33 bits per heavy atom. The third kappa shape index (κ3) is 6.43. The van der Waals surface area contributed by atoms with Gasteiger partial charge in [-0.25, -0.2) is 4.79 Å². The Kier molecular flexibility index (Phi) is 6.87. The van der Waals surface area contributed by atoms with Crippen molar-refractivity contribution in [2.75, 3.05) is 6.61 Å². The number of nitro groups is 1. The number of nitrogens with zero attached hydrogens (tertiary/aromatic N) is 2. The molecule has 0 unspecified atom stereocenters. The summed E-state index contributed by atoms with van der Waals surface area (Å²) >= 11 is 0. The second-order valence-electron chi connectivity index (χ2n) is 6.16. The minimum atomic E-state index is -0.686. The summed E-state index contributed by atoms with van der Waals surface area (Å²) in [4.78, 5) is 26.5. The Morgan fingerprint density at radius 2 is 1.78 bits per heavy atom. The predicted molar refractivity (Wildman–Crippen MR) is 101 cm³/mol. The van der Waals surface area contributed by atoms with Crippen LogP contribution in [0.15, 0.2) is 53.7 Å². The number of oxime groups is 1. The molecule has 2 rings (SSSR count). The second kappa shape index (κ2) is 9.33. The van der Waals surface area contributed by atoms with Gasteiger partial charge in [-0.1, -0.05) is 43.3 Å². The third-order valence-electron chi connectivity index (χ3n) is 3.70. The highest BCUT2D eigenvalue weighted by atomic mass is 16.7. The van der Waals surface area contributed by atoms with Gasteiger partial charge in [0.05, 0.1) is 4.92 Å². The van der Waals surface area contributed by atoms with Crippen LogP contribution in [-0.4, -0.2) is 23.3 Å². The Morgan fingerprint density at radius 1 is 1.15 bits per heavy atom. The third-order valence-corrected chi connectivity index (χ3v) is 3.70. The summed E-state index contributed by atoms with van der Waals surface area (Å²) in [6.07, 6.45) is 0.197. The Bertz CT molecular complexity index is 814. The highest BCUT2D eigenvalue weighted by molar-refractivity contribution is 5.83. The van der Waals surface area contributed by atoms with E-state index in [0.29, 0.717) is 17.2 Å². The molecule has 0 aliphatic carbocycles. The van der Waals surface area contributed by atoms with Crippen molar-refractivity contribution in [3.63, 3.8) is 0 Å². The van der Waals surface area contributed by atoms with Gasteiger partial charge < -0.3 is 15.3 Å². The zero-order valence-electron chi connectivity index (χ0n) is 15.1. The van der Waals surface area contributed by atoms with Crippen LogP contribution in [0.5, 0.6) is 5.75 Å². The number of hydrogen-bond donors (Lipinski definition) is 1. The van der Waals surface area contributed by atoms with Crippen molar-refractivity contribution < 1.29 is 19.3 Å². The number of ether oxygens (including phenoxy) is 1. The van der Waals surface area contributed by atoms with Gasteiger partial charge in [-0.15, -0.1) is 0 Å². The molecule has 2 N–H and O–H groups in total. The van der Waals surface area contributed by atoms with Gasteiger partial charge in [-0.3, -0.25) is 10.1 Å². The molecule has 0 saturated heterocycles. The highest BCUT2D eigenvalue weighted by Crippen LogP contribution is 2.18. The number of nitro benzene ring substituents is 1. The fourth-order valence-electron chi connectivity index (χ4n) is 2.20. The summed E-state index contributed by atoms with van der Waals surface area (Å²) in [5, 5.41) is 14.2. The molecular weight excluding hydrogens is 350 g/mol. The predicted octanol–water partition coefficient (Wildman–Crippen LogP) is 3.16. The van der Waals surface area contributed by atoms with Crippen LogP contribution in [0.25, 0.3) is 0 Å². The molecular formula is C19H21N3O5. The van der Waals surface area contributed by atoms with E-state index < -0.39 is 10.9 Å². The molecule has 0 radical (unpaired) electrons. The lowest BCUT2D eigenvalue weighted by atomic mass is 10.0. The Balaban J connectivity index is 1.80. The smallest absolute Gasteiger partial charge is 0.372 e. The van der Waals surface area contributed by atoms with E-state index in [9.17, 15) is 14.9 Å². The molecule has 0 amide bonds. The Hall–Kier alpha value is -3.42. The van der Waals surface area contributed by atoms with E-state index in [-0.39, 0.29) is 24.6 Å². The molecule has 0 aliphatic heterocycles. The van der Waals surface area contributed by atoms with Gasteiger partial charge in [-0.2, -0.15) is 0 Å². The van der Waals surface area contributed by atoms with Gasteiger partial charge in [0.25, 0.3) is 5.69 Å². The van der Waals surface area contributed by atoms with Crippen molar-refractivity contribution in [3.05, 3.63) is 69.8 Å². The summed E-state index contributed by atoms with van der Waals surface area (Å²) in [5.74, 6) is 0.351. The summed E-state index contributed by atoms with van der Waals surface area (Å²) in [6.45, 7) is 3.88. The molecule has 8 nitrogen and oxygen atoms in total. The number of carbonyl (C=O) groups excluding carboxylic acids is 1. The van der Waals surface area contributed by atoms with Crippen LogP contribution >= 0.6 is 0 Å². The van der Waals surface area contributed by atoms with Crippen LogP contribution in [0.1, 0.15) is 30.9 Å². The van der Waals surface area contributed by atoms with Crippen molar-refractivity contribution in [2.24, 2.45) is 10.9 Å². The van der Waals surface area contributed by atoms with E-state index in [1.54, 1.807) is 24.3 Å². The number of hydrogen-bond acceptors (Lipinski definition) is 6. The van der Waals surface area contributed by atoms with Crippen molar-refractivity contribution in [1.82, 2.24) is 0 Å². The molecule has 8 heteroatoms. The lowest BCUT2D eigenvalue weighted by molar-refractivity contribution is -0.384. The van der Waals surface area contributed by atoms with E-state index in [1.165, 1.54) is 17.7 Å². The number of nitrogens with two attached hydrogens (primary N) is 1. The summed E-state index contributed by atoms with van der Waals surface area (Å²) in [5.41, 5.74) is 7.57. The molecule has 0 atom stereocenters. The number of rotatable bonds is 8. The number of non-ortho nitro benzene ring substituents is 1. The summed E-state index contributed by atoms with van der Waals surface area (Å²) < 4.78 is 5.34. The maximum atomic E-state index is 11.7. The van der Waals surface area contributed by atoms with Crippen molar-refractivity contribution >= 4 is 17.5 Å². The molecule has 142 valence electrons. The van der Waals surface area contributed by atoms with Crippen LogP contribution in [0.3, 0.4) is 0 Å². The quantitative estimate of drug-likeness (QED) is 0.250. The van der Waals surface area contributed by atoms with Crippen molar-refractivity contribution in [3.8, 4) is 5.75 Å². The van der Waals surface area contributed by atoms with Gasteiger partial charge in [0, 0.05) is 18.6 Å². The first-order valence-corrected chi connectivity index (χ1v) is 8.33. The molecule has 0 spiro atoms. The van der Waals surface area contributed by atoms with E-state index >= 15 is 0 Å². The monoisotopic (exact) mass is 371 g/mol. The van der Waals surface area contributed by atoms with E-state index in [0.717, 1.165) is 0 Å². The van der Waals surface area contributed by atoms with Crippen LogP contribution in [0, 0.1) is 10.1 Å². The number of benzene rings is 2. The first kappa shape index (κ1) is 19.9. The second-order valence-corrected chi connectivity index (χ2v) is 6.16. The normalized spacial score (nSPS) is 11.3. The molecule has 0 heterocycles. The maximum Gasteiger partial charge on any atom is 0.372 e. The SMILES string of the molecule is CC(C)c1ccc(OCC(=O)O/N=C(\N)Cc2ccc([N+](=O)[O-])cc2)cc1. The standard InChI is InChI=1S/C19H21N3O5/c1-13(2)15-5-9-17(10-6-15)26-12-19(23)27-21-18(20)11-14-3-7-16(8-4-14)22(24)25/h3-10,13H,11-12H2,1-2H3,(H2,20,21). The average Bonchev–Trinajstić information content (AvgIpc) is 2.65. The molecule has 0 fully saturated rings. The largest absolute Gasteiger partial charge is 0.482 e. The number of amidine groups is 1. The first-order chi connectivity index (χ1) is 12.8. The lowest BCUT2D eigenvalue weighted by Gasteiger charge is -2.08. The van der Waals surface area contributed by atoms with Crippen LogP contribution in [0.2, 0.25) is 0 Å². The first-order valence-electron chi connectivity index (χ1n) is 8.33. The average molecular weight is 371 g/mol. The van der Waals surface area contributed by atoms with Gasteiger partial charge in [0.2, 0.25) is 0 Å².